The van der Waals surface area contributed by atoms with Crippen molar-refractivity contribution in [2.24, 2.45) is 4.99 Å². The van der Waals surface area contributed by atoms with Gasteiger partial charge in [0.05, 0.1) is 10.6 Å². The van der Waals surface area contributed by atoms with E-state index in [1.54, 1.807) is 6.08 Å². The topological polar surface area (TPSA) is 50.7 Å². The first-order valence-corrected chi connectivity index (χ1v) is 11.1. The van der Waals surface area contributed by atoms with Gasteiger partial charge in [0.2, 0.25) is 0 Å². The Kier molecular flexibility index (Phi) is 6.66. The summed E-state index contributed by atoms with van der Waals surface area (Å²) in [5, 5.41) is 4.62. The zero-order valence-corrected chi connectivity index (χ0v) is 18.9. The van der Waals surface area contributed by atoms with Gasteiger partial charge in [-0.05, 0) is 66.2 Å². The van der Waals surface area contributed by atoms with Crippen molar-refractivity contribution in [3.63, 3.8) is 0 Å². The van der Waals surface area contributed by atoms with Crippen LogP contribution in [0.1, 0.15) is 16.7 Å². The van der Waals surface area contributed by atoms with E-state index in [2.05, 4.69) is 10.3 Å². The highest BCUT2D eigenvalue weighted by atomic mass is 35.5. The number of amides is 1. The Balaban J connectivity index is 1.54. The van der Waals surface area contributed by atoms with Crippen molar-refractivity contribution in [1.29, 1.82) is 0 Å². The molecule has 31 heavy (non-hydrogen) atoms. The standard InChI is InChI=1S/C24H18Cl2N2O2S/c1-15-19(26)9-5-10-20(15)27-24-28-23(29)22(31-24)13-17-7-2-3-11-21(17)30-14-16-6-4-8-18(25)12-16/h2-13H,14H2,1H3,(H,27,28,29)/b22-13-. The summed E-state index contributed by atoms with van der Waals surface area (Å²) in [6, 6.07) is 20.6. The Labute approximate surface area is 194 Å². The normalized spacial score (nSPS) is 16.0. The molecule has 0 unspecified atom stereocenters. The molecule has 3 aromatic rings. The monoisotopic (exact) mass is 468 g/mol. The Morgan fingerprint density at radius 3 is 2.71 bits per heavy atom. The van der Waals surface area contributed by atoms with E-state index in [-0.39, 0.29) is 5.91 Å². The van der Waals surface area contributed by atoms with Crippen LogP contribution < -0.4 is 10.1 Å². The van der Waals surface area contributed by atoms with E-state index < -0.39 is 0 Å². The predicted octanol–water partition coefficient (Wildman–Crippen LogP) is 6.77. The maximum Gasteiger partial charge on any atom is 0.264 e. The first-order valence-electron chi connectivity index (χ1n) is 9.50. The van der Waals surface area contributed by atoms with Crippen LogP contribution in [0.3, 0.4) is 0 Å². The van der Waals surface area contributed by atoms with Gasteiger partial charge in [0, 0.05) is 15.6 Å². The summed E-state index contributed by atoms with van der Waals surface area (Å²) in [4.78, 5) is 17.6. The highest BCUT2D eigenvalue weighted by Gasteiger charge is 2.24. The maximum atomic E-state index is 12.5. The lowest BCUT2D eigenvalue weighted by atomic mass is 10.2. The molecule has 4 nitrogen and oxygen atoms in total. The maximum absolute atomic E-state index is 12.5. The summed E-state index contributed by atoms with van der Waals surface area (Å²) >= 11 is 13.5. The minimum Gasteiger partial charge on any atom is -0.488 e. The van der Waals surface area contributed by atoms with Crippen molar-refractivity contribution in [3.8, 4) is 5.75 Å². The molecule has 0 spiro atoms. The van der Waals surface area contributed by atoms with Crippen molar-refractivity contribution < 1.29 is 9.53 Å². The molecule has 156 valence electrons. The molecule has 0 saturated carbocycles. The van der Waals surface area contributed by atoms with E-state index in [0.29, 0.717) is 32.5 Å². The third-order valence-electron chi connectivity index (χ3n) is 4.60. The average molecular weight is 469 g/mol. The van der Waals surface area contributed by atoms with E-state index in [9.17, 15) is 4.79 Å². The number of aliphatic imine (C=N–C) groups is 1. The number of carbonyl (C=O) groups excluding carboxylic acids is 1. The number of halogens is 2. The summed E-state index contributed by atoms with van der Waals surface area (Å²) in [6.45, 7) is 2.27. The summed E-state index contributed by atoms with van der Waals surface area (Å²) in [5.41, 5.74) is 3.36. The fourth-order valence-corrected chi connectivity index (χ4v) is 4.18. The van der Waals surface area contributed by atoms with Crippen LogP contribution in [-0.4, -0.2) is 11.1 Å². The fraction of sp³-hybridized carbons (Fsp3) is 0.0833. The number of rotatable bonds is 5. The van der Waals surface area contributed by atoms with Gasteiger partial charge in [0.1, 0.15) is 12.4 Å². The number of amidine groups is 1. The van der Waals surface area contributed by atoms with E-state index in [1.807, 2.05) is 73.7 Å². The van der Waals surface area contributed by atoms with Gasteiger partial charge in [0.15, 0.2) is 5.17 Å². The van der Waals surface area contributed by atoms with Gasteiger partial charge in [-0.3, -0.25) is 4.79 Å². The van der Waals surface area contributed by atoms with Gasteiger partial charge in [-0.15, -0.1) is 0 Å². The number of para-hydroxylation sites is 1. The quantitative estimate of drug-likeness (QED) is 0.420. The van der Waals surface area contributed by atoms with Gasteiger partial charge in [-0.2, -0.15) is 0 Å². The van der Waals surface area contributed by atoms with Crippen LogP contribution in [0, 0.1) is 6.92 Å². The molecule has 0 aliphatic carbocycles. The zero-order valence-electron chi connectivity index (χ0n) is 16.6. The van der Waals surface area contributed by atoms with Crippen LogP contribution in [0.25, 0.3) is 6.08 Å². The summed E-state index contributed by atoms with van der Waals surface area (Å²) < 4.78 is 5.99. The molecule has 7 heteroatoms. The Bertz CT molecular complexity index is 1210. The van der Waals surface area contributed by atoms with Crippen LogP contribution in [0.15, 0.2) is 76.6 Å². The highest BCUT2D eigenvalue weighted by Crippen LogP contribution is 2.32. The van der Waals surface area contributed by atoms with Crippen LogP contribution in [0.4, 0.5) is 5.69 Å². The molecule has 1 saturated heterocycles. The molecule has 0 atom stereocenters. The molecule has 1 N–H and O–H groups in total. The number of hydrogen-bond donors (Lipinski definition) is 1. The van der Waals surface area contributed by atoms with Crippen molar-refractivity contribution in [3.05, 3.63) is 98.4 Å². The first kappa shape index (κ1) is 21.5. The molecule has 3 aromatic carbocycles. The number of nitrogens with zero attached hydrogens (tertiary/aromatic N) is 1. The van der Waals surface area contributed by atoms with Gasteiger partial charge in [0.25, 0.3) is 5.91 Å². The van der Waals surface area contributed by atoms with Crippen molar-refractivity contribution in [2.75, 3.05) is 0 Å². The van der Waals surface area contributed by atoms with Crippen LogP contribution in [0.2, 0.25) is 10.0 Å². The van der Waals surface area contributed by atoms with Crippen LogP contribution in [-0.2, 0) is 11.4 Å². The van der Waals surface area contributed by atoms with Gasteiger partial charge >= 0.3 is 0 Å². The zero-order chi connectivity index (χ0) is 21.8. The number of benzene rings is 3. The molecule has 4 rings (SSSR count). The minimum atomic E-state index is -0.201. The number of ether oxygens (including phenoxy) is 1. The average Bonchev–Trinajstić information content (AvgIpc) is 3.09. The Hall–Kier alpha value is -2.73. The third kappa shape index (κ3) is 5.31. The molecule has 1 amide bonds. The largest absolute Gasteiger partial charge is 0.488 e. The predicted molar refractivity (Wildman–Crippen MR) is 129 cm³/mol. The fourth-order valence-electron chi connectivity index (χ4n) is 2.97. The van der Waals surface area contributed by atoms with Gasteiger partial charge < -0.3 is 10.1 Å². The molecule has 0 aromatic heterocycles. The number of hydrogen-bond acceptors (Lipinski definition) is 4. The molecule has 0 radical (unpaired) electrons. The Morgan fingerprint density at radius 2 is 1.87 bits per heavy atom. The molecular formula is C24H18Cl2N2O2S. The first-order chi connectivity index (χ1) is 15.0. The van der Waals surface area contributed by atoms with Crippen molar-refractivity contribution in [1.82, 2.24) is 5.32 Å². The van der Waals surface area contributed by atoms with Crippen molar-refractivity contribution >= 4 is 57.8 Å². The van der Waals surface area contributed by atoms with Crippen LogP contribution in [0.5, 0.6) is 5.75 Å². The molecule has 1 fully saturated rings. The number of thioether (sulfide) groups is 1. The number of nitrogens with one attached hydrogen (secondary N) is 1. The van der Waals surface area contributed by atoms with Crippen LogP contribution >= 0.6 is 35.0 Å². The number of carbonyl (C=O) groups is 1. The third-order valence-corrected chi connectivity index (χ3v) is 6.16. The van der Waals surface area contributed by atoms with E-state index >= 15 is 0 Å². The lowest BCUT2D eigenvalue weighted by Crippen LogP contribution is -2.19. The van der Waals surface area contributed by atoms with Gasteiger partial charge in [-0.1, -0.05) is 59.6 Å². The summed E-state index contributed by atoms with van der Waals surface area (Å²) in [7, 11) is 0. The Morgan fingerprint density at radius 1 is 1.06 bits per heavy atom. The minimum absolute atomic E-state index is 0.201. The summed E-state index contributed by atoms with van der Waals surface area (Å²) in [5.74, 6) is 0.479. The molecule has 1 aliphatic rings. The lowest BCUT2D eigenvalue weighted by molar-refractivity contribution is -0.115. The van der Waals surface area contributed by atoms with E-state index in [1.165, 1.54) is 11.8 Å². The summed E-state index contributed by atoms with van der Waals surface area (Å²) in [6.07, 6.45) is 1.81. The van der Waals surface area contributed by atoms with E-state index in [4.69, 9.17) is 27.9 Å². The second-order valence-corrected chi connectivity index (χ2v) is 8.70. The second kappa shape index (κ2) is 9.60. The lowest BCUT2D eigenvalue weighted by Gasteiger charge is -2.10. The second-order valence-electron chi connectivity index (χ2n) is 6.82. The SMILES string of the molecule is Cc1c(Cl)cccc1N=C1NC(=O)/C(=C/c2ccccc2OCc2cccc(Cl)c2)S1. The molecular weight excluding hydrogens is 451 g/mol. The molecule has 0 bridgehead atoms. The molecule has 1 heterocycles. The van der Waals surface area contributed by atoms with E-state index in [0.717, 1.165) is 22.4 Å². The van der Waals surface area contributed by atoms with Gasteiger partial charge in [-0.25, -0.2) is 4.99 Å². The molecule has 1 aliphatic heterocycles. The highest BCUT2D eigenvalue weighted by molar-refractivity contribution is 8.18. The smallest absolute Gasteiger partial charge is 0.264 e. The van der Waals surface area contributed by atoms with Crippen molar-refractivity contribution in [2.45, 2.75) is 13.5 Å².